The maximum absolute atomic E-state index is 12.4. The van der Waals surface area contributed by atoms with Crippen LogP contribution in [0.1, 0.15) is 85.9 Å². The number of rotatable bonds is 10. The lowest BCUT2D eigenvalue weighted by Gasteiger charge is -2.31. The Bertz CT molecular complexity index is 1170. The number of nitrogens with zero attached hydrogens (tertiary/aromatic N) is 1. The SMILES string of the molecule is CC(C)c1ccc(-c2ccc(OC(c3ccc(C(=O)NCCC(=O)O)cc3)C3CCCCC3)cn2)cc1. The number of benzene rings is 2. The van der Waals surface area contributed by atoms with Crippen LogP contribution in [0.4, 0.5) is 0 Å². The molecule has 6 heteroatoms. The third-order valence-electron chi connectivity index (χ3n) is 7.08. The Morgan fingerprint density at radius 3 is 2.22 bits per heavy atom. The van der Waals surface area contributed by atoms with Gasteiger partial charge in [0.05, 0.1) is 18.3 Å². The largest absolute Gasteiger partial charge is 0.484 e. The molecule has 37 heavy (non-hydrogen) atoms. The quantitative estimate of drug-likeness (QED) is 0.320. The van der Waals surface area contributed by atoms with Gasteiger partial charge in [0.15, 0.2) is 0 Å². The number of aromatic nitrogens is 1. The first-order valence-electron chi connectivity index (χ1n) is 13.2. The van der Waals surface area contributed by atoms with Gasteiger partial charge in [-0.25, -0.2) is 0 Å². The van der Waals surface area contributed by atoms with E-state index in [-0.39, 0.29) is 25.0 Å². The average molecular weight is 501 g/mol. The van der Waals surface area contributed by atoms with Crippen molar-refractivity contribution in [3.63, 3.8) is 0 Å². The van der Waals surface area contributed by atoms with E-state index in [1.165, 1.54) is 24.8 Å². The van der Waals surface area contributed by atoms with Gasteiger partial charge >= 0.3 is 5.97 Å². The first-order chi connectivity index (χ1) is 17.9. The first kappa shape index (κ1) is 26.4. The number of hydrogen-bond acceptors (Lipinski definition) is 4. The van der Waals surface area contributed by atoms with E-state index < -0.39 is 5.97 Å². The topological polar surface area (TPSA) is 88.5 Å². The summed E-state index contributed by atoms with van der Waals surface area (Å²) in [4.78, 5) is 27.7. The summed E-state index contributed by atoms with van der Waals surface area (Å²) < 4.78 is 6.54. The summed E-state index contributed by atoms with van der Waals surface area (Å²) in [6.07, 6.45) is 7.43. The molecule has 1 saturated carbocycles. The van der Waals surface area contributed by atoms with Crippen molar-refractivity contribution in [3.8, 4) is 17.0 Å². The van der Waals surface area contributed by atoms with E-state index in [1.54, 1.807) is 18.3 Å². The Balaban J connectivity index is 1.48. The van der Waals surface area contributed by atoms with Gasteiger partial charge in [0, 0.05) is 23.6 Å². The van der Waals surface area contributed by atoms with Gasteiger partial charge in [0.2, 0.25) is 0 Å². The van der Waals surface area contributed by atoms with Gasteiger partial charge in [-0.1, -0.05) is 69.5 Å². The standard InChI is InChI=1S/C31H36N2O4/c1-21(2)22-8-10-23(11-9-22)28-17-16-27(20-33-28)37-30(24-6-4-3-5-7-24)25-12-14-26(15-13-25)31(36)32-19-18-29(34)35/h8-17,20-21,24,30H,3-7,18-19H2,1-2H3,(H,32,36)(H,34,35). The fourth-order valence-electron chi connectivity index (χ4n) is 4.89. The third-order valence-corrected chi connectivity index (χ3v) is 7.08. The van der Waals surface area contributed by atoms with Crippen molar-refractivity contribution >= 4 is 11.9 Å². The highest BCUT2D eigenvalue weighted by molar-refractivity contribution is 5.94. The van der Waals surface area contributed by atoms with E-state index in [2.05, 4.69) is 48.4 Å². The molecule has 194 valence electrons. The normalized spacial score (nSPS) is 14.8. The number of pyridine rings is 1. The van der Waals surface area contributed by atoms with Crippen molar-refractivity contribution < 1.29 is 19.4 Å². The van der Waals surface area contributed by atoms with Crippen LogP contribution in [0, 0.1) is 5.92 Å². The second-order valence-corrected chi connectivity index (χ2v) is 10.1. The van der Waals surface area contributed by atoms with Crippen LogP contribution in [-0.2, 0) is 4.79 Å². The molecule has 0 bridgehead atoms. The maximum atomic E-state index is 12.4. The maximum Gasteiger partial charge on any atom is 0.305 e. The molecular weight excluding hydrogens is 464 g/mol. The highest BCUT2D eigenvalue weighted by Crippen LogP contribution is 2.38. The minimum absolute atomic E-state index is 0.0997. The fraction of sp³-hybridized carbons (Fsp3) is 0.387. The second-order valence-electron chi connectivity index (χ2n) is 10.1. The number of carboxylic acids is 1. The third kappa shape index (κ3) is 7.19. The molecule has 0 radical (unpaired) electrons. The van der Waals surface area contributed by atoms with E-state index in [4.69, 9.17) is 9.84 Å². The zero-order valence-corrected chi connectivity index (χ0v) is 21.7. The molecule has 6 nitrogen and oxygen atoms in total. The van der Waals surface area contributed by atoms with Gasteiger partial charge < -0.3 is 15.2 Å². The summed E-state index contributed by atoms with van der Waals surface area (Å²) >= 11 is 0. The zero-order chi connectivity index (χ0) is 26.2. The van der Waals surface area contributed by atoms with Crippen LogP contribution in [0.3, 0.4) is 0 Å². The number of hydrogen-bond donors (Lipinski definition) is 2. The molecule has 1 aliphatic rings. The minimum Gasteiger partial charge on any atom is -0.484 e. The van der Waals surface area contributed by atoms with Gasteiger partial charge in [-0.3, -0.25) is 14.6 Å². The lowest BCUT2D eigenvalue weighted by atomic mass is 9.82. The molecule has 1 aliphatic carbocycles. The molecule has 0 spiro atoms. The smallest absolute Gasteiger partial charge is 0.305 e. The first-order valence-corrected chi connectivity index (χ1v) is 13.2. The molecule has 0 aliphatic heterocycles. The van der Waals surface area contributed by atoms with Gasteiger partial charge in [-0.2, -0.15) is 0 Å². The van der Waals surface area contributed by atoms with Crippen molar-refractivity contribution in [2.24, 2.45) is 5.92 Å². The number of carboxylic acid groups (broad SMARTS) is 1. The number of carbonyl (C=O) groups excluding carboxylic acids is 1. The van der Waals surface area contributed by atoms with Crippen LogP contribution in [0.2, 0.25) is 0 Å². The van der Waals surface area contributed by atoms with Crippen molar-refractivity contribution in [2.45, 2.75) is 64.4 Å². The summed E-state index contributed by atoms with van der Waals surface area (Å²) in [7, 11) is 0. The summed E-state index contributed by atoms with van der Waals surface area (Å²) in [5.74, 6) is 0.412. The fourth-order valence-corrected chi connectivity index (χ4v) is 4.89. The molecule has 0 saturated heterocycles. The molecule has 1 aromatic heterocycles. The predicted molar refractivity (Wildman–Crippen MR) is 145 cm³/mol. The van der Waals surface area contributed by atoms with E-state index >= 15 is 0 Å². The molecule has 3 aromatic rings. The highest BCUT2D eigenvalue weighted by Gasteiger charge is 2.27. The number of amides is 1. The van der Waals surface area contributed by atoms with Crippen LogP contribution < -0.4 is 10.1 Å². The van der Waals surface area contributed by atoms with Gasteiger partial charge in [-0.05, 0) is 54.2 Å². The van der Waals surface area contributed by atoms with Crippen molar-refractivity contribution in [1.82, 2.24) is 10.3 Å². The molecule has 1 atom stereocenters. The Kier molecular flexibility index (Phi) is 8.94. The number of nitrogens with one attached hydrogen (secondary N) is 1. The van der Waals surface area contributed by atoms with Gasteiger partial charge in [0.25, 0.3) is 5.91 Å². The molecule has 1 heterocycles. The van der Waals surface area contributed by atoms with Crippen molar-refractivity contribution in [2.75, 3.05) is 6.54 Å². The lowest BCUT2D eigenvalue weighted by Crippen LogP contribution is -2.26. The highest BCUT2D eigenvalue weighted by atomic mass is 16.5. The molecule has 1 amide bonds. The van der Waals surface area contributed by atoms with E-state index in [0.29, 0.717) is 17.4 Å². The lowest BCUT2D eigenvalue weighted by molar-refractivity contribution is -0.136. The van der Waals surface area contributed by atoms with Crippen LogP contribution in [0.15, 0.2) is 66.9 Å². The van der Waals surface area contributed by atoms with Crippen LogP contribution in [0.25, 0.3) is 11.3 Å². The summed E-state index contributed by atoms with van der Waals surface area (Å²) in [6.45, 7) is 4.48. The second kappa shape index (κ2) is 12.5. The van der Waals surface area contributed by atoms with Gasteiger partial charge in [-0.15, -0.1) is 0 Å². The molecule has 4 rings (SSSR count). The van der Waals surface area contributed by atoms with E-state index in [9.17, 15) is 9.59 Å². The predicted octanol–water partition coefficient (Wildman–Crippen LogP) is 6.78. The average Bonchev–Trinajstić information content (AvgIpc) is 2.92. The van der Waals surface area contributed by atoms with Crippen LogP contribution in [0.5, 0.6) is 5.75 Å². The number of aliphatic carboxylic acids is 1. The van der Waals surface area contributed by atoms with Crippen LogP contribution in [-0.4, -0.2) is 28.5 Å². The molecule has 2 aromatic carbocycles. The number of carbonyl (C=O) groups is 2. The summed E-state index contributed by atoms with van der Waals surface area (Å²) in [6, 6.07) is 20.0. The van der Waals surface area contributed by atoms with Crippen LogP contribution >= 0.6 is 0 Å². The van der Waals surface area contributed by atoms with Gasteiger partial charge in [0.1, 0.15) is 11.9 Å². The monoisotopic (exact) mass is 500 g/mol. The van der Waals surface area contributed by atoms with E-state index in [1.807, 2.05) is 24.3 Å². The van der Waals surface area contributed by atoms with Crippen molar-refractivity contribution in [1.29, 1.82) is 0 Å². The summed E-state index contributed by atoms with van der Waals surface area (Å²) in [5.41, 5.74) is 4.84. The molecule has 1 fully saturated rings. The van der Waals surface area contributed by atoms with E-state index in [0.717, 1.165) is 35.4 Å². The Morgan fingerprint density at radius 2 is 1.62 bits per heavy atom. The zero-order valence-electron chi connectivity index (χ0n) is 21.7. The minimum atomic E-state index is -0.935. The van der Waals surface area contributed by atoms with Crippen molar-refractivity contribution in [3.05, 3.63) is 83.6 Å². The molecule has 1 unspecified atom stereocenters. The Hall–Kier alpha value is -3.67. The Labute approximate surface area is 219 Å². The molecular formula is C31H36N2O4. The number of ether oxygens (including phenoxy) is 1. The summed E-state index contributed by atoms with van der Waals surface area (Å²) in [5, 5.41) is 11.4. The Morgan fingerprint density at radius 1 is 0.946 bits per heavy atom. The molecule has 2 N–H and O–H groups in total.